The smallest absolute Gasteiger partial charge is 0.326 e. The number of nitrogens with one attached hydrogen (secondary N) is 2. The van der Waals surface area contributed by atoms with E-state index in [0.717, 1.165) is 24.0 Å². The van der Waals surface area contributed by atoms with Crippen LogP contribution in [0.25, 0.3) is 0 Å². The molecule has 11 nitrogen and oxygen atoms in total. The van der Waals surface area contributed by atoms with Crippen LogP contribution in [-0.2, 0) is 9.59 Å². The number of hydrogen-bond donors (Lipinski definition) is 6. The van der Waals surface area contributed by atoms with Gasteiger partial charge in [0.15, 0.2) is 0 Å². The fourth-order valence-electron chi connectivity index (χ4n) is 4.21. The highest BCUT2D eigenvalue weighted by Crippen LogP contribution is 2.39. The van der Waals surface area contributed by atoms with E-state index in [0.29, 0.717) is 24.6 Å². The lowest BCUT2D eigenvalue weighted by molar-refractivity contribution is -0.140. The number of fused-ring (bicyclic) bond motifs is 1. The van der Waals surface area contributed by atoms with Crippen molar-refractivity contribution >= 4 is 35.4 Å². The number of anilines is 3. The van der Waals surface area contributed by atoms with E-state index >= 15 is 0 Å². The molecule has 0 spiro atoms. The molecule has 1 aliphatic heterocycles. The molecular formula is C24H28N6O5. The van der Waals surface area contributed by atoms with Gasteiger partial charge in [0.25, 0.3) is 5.91 Å². The number of nitrogen functional groups attached to an aromatic ring is 2. The molecule has 1 aromatic carbocycles. The van der Waals surface area contributed by atoms with Crippen molar-refractivity contribution in [1.82, 2.24) is 15.3 Å². The number of terminal acetylenes is 1. The Balaban J connectivity index is 1.65. The van der Waals surface area contributed by atoms with Gasteiger partial charge in [0.2, 0.25) is 5.95 Å². The van der Waals surface area contributed by atoms with E-state index < -0.39 is 23.9 Å². The third-order valence-electron chi connectivity index (χ3n) is 6.04. The lowest BCUT2D eigenvalue weighted by Gasteiger charge is -2.19. The van der Waals surface area contributed by atoms with Crippen molar-refractivity contribution in [3.05, 3.63) is 41.0 Å². The molecule has 0 radical (unpaired) electrons. The zero-order valence-electron chi connectivity index (χ0n) is 19.0. The van der Waals surface area contributed by atoms with Crippen molar-refractivity contribution in [3.8, 4) is 12.3 Å². The van der Waals surface area contributed by atoms with Gasteiger partial charge in [-0.2, -0.15) is 9.97 Å². The van der Waals surface area contributed by atoms with Gasteiger partial charge in [0, 0.05) is 36.4 Å². The fourth-order valence-corrected chi connectivity index (χ4v) is 4.21. The number of carbonyl (C=O) groups excluding carboxylic acids is 1. The Morgan fingerprint density at radius 2 is 1.89 bits per heavy atom. The largest absolute Gasteiger partial charge is 0.481 e. The van der Waals surface area contributed by atoms with E-state index in [4.69, 9.17) is 23.0 Å². The zero-order chi connectivity index (χ0) is 25.5. The van der Waals surface area contributed by atoms with Crippen molar-refractivity contribution in [1.29, 1.82) is 0 Å². The number of nitrogens with zero attached hydrogens (tertiary/aromatic N) is 2. The SMILES string of the molecule is C#CCC(CCC1CNc2nc(N)nc(N)c21)c1ccc(C(=O)N[C@@H](CCC(=O)O)C(=O)O)cc1. The predicted molar refractivity (Wildman–Crippen MR) is 130 cm³/mol. The second-order valence-electron chi connectivity index (χ2n) is 8.41. The minimum absolute atomic E-state index is 0.0411. The molecule has 0 aliphatic carbocycles. The summed E-state index contributed by atoms with van der Waals surface area (Å²) in [6, 6.07) is 5.50. The first kappa shape index (κ1) is 25.3. The third kappa shape index (κ3) is 6.38. The summed E-state index contributed by atoms with van der Waals surface area (Å²) in [5.74, 6) is 1.01. The Morgan fingerprint density at radius 1 is 1.17 bits per heavy atom. The third-order valence-corrected chi connectivity index (χ3v) is 6.04. The van der Waals surface area contributed by atoms with Crippen molar-refractivity contribution < 1.29 is 24.6 Å². The van der Waals surface area contributed by atoms with Crippen molar-refractivity contribution in [2.24, 2.45) is 0 Å². The minimum Gasteiger partial charge on any atom is -0.481 e. The molecule has 0 saturated carbocycles. The molecule has 1 aromatic heterocycles. The molecule has 1 aliphatic rings. The first-order chi connectivity index (χ1) is 16.7. The van der Waals surface area contributed by atoms with Gasteiger partial charge < -0.3 is 32.3 Å². The van der Waals surface area contributed by atoms with E-state index in [2.05, 4.69) is 26.5 Å². The summed E-state index contributed by atoms with van der Waals surface area (Å²) >= 11 is 0. The molecule has 0 fully saturated rings. The predicted octanol–water partition coefficient (Wildman–Crippen LogP) is 1.79. The van der Waals surface area contributed by atoms with Crippen LogP contribution in [0.5, 0.6) is 0 Å². The highest BCUT2D eigenvalue weighted by Gasteiger charge is 2.28. The molecule has 2 aromatic rings. The Morgan fingerprint density at radius 3 is 2.51 bits per heavy atom. The highest BCUT2D eigenvalue weighted by atomic mass is 16.4. The lowest BCUT2D eigenvalue weighted by atomic mass is 9.86. The minimum atomic E-state index is -1.29. The Hall–Kier alpha value is -4.33. The number of aliphatic carboxylic acids is 2. The van der Waals surface area contributed by atoms with Crippen molar-refractivity contribution in [3.63, 3.8) is 0 Å². The molecule has 11 heteroatoms. The number of benzene rings is 1. The van der Waals surface area contributed by atoms with Gasteiger partial charge in [-0.1, -0.05) is 12.1 Å². The molecule has 0 saturated heterocycles. The standard InChI is InChI=1S/C24H28N6O5/c1-2-3-13(6-9-16-12-27-21-19(16)20(25)29-24(26)30-21)14-4-7-15(8-5-14)22(33)28-17(23(34)35)10-11-18(31)32/h1,4-5,7-8,13,16-17H,3,6,9-12H2,(H,28,33)(H,31,32)(H,34,35)(H5,25,26,27,29,30)/t13?,16?,17-/m0/s1. The molecule has 0 bridgehead atoms. The Kier molecular flexibility index (Phi) is 8.09. The molecule has 8 N–H and O–H groups in total. The van der Waals surface area contributed by atoms with E-state index in [1.807, 2.05) is 0 Å². The molecule has 35 heavy (non-hydrogen) atoms. The number of aromatic nitrogens is 2. The fraction of sp³-hybridized carbons (Fsp3) is 0.375. The summed E-state index contributed by atoms with van der Waals surface area (Å²) in [4.78, 5) is 42.8. The number of amides is 1. The summed E-state index contributed by atoms with van der Waals surface area (Å²) in [5.41, 5.74) is 13.8. The van der Waals surface area contributed by atoms with Crippen LogP contribution in [0.3, 0.4) is 0 Å². The number of carboxylic acid groups (broad SMARTS) is 2. The van der Waals surface area contributed by atoms with Gasteiger partial charge in [-0.3, -0.25) is 9.59 Å². The summed E-state index contributed by atoms with van der Waals surface area (Å²) < 4.78 is 0. The van der Waals surface area contributed by atoms with E-state index in [1.165, 1.54) is 0 Å². The van der Waals surface area contributed by atoms with Crippen LogP contribution < -0.4 is 22.1 Å². The molecule has 2 unspecified atom stereocenters. The van der Waals surface area contributed by atoms with E-state index in [9.17, 15) is 19.5 Å². The Bertz CT molecular complexity index is 1140. The highest BCUT2D eigenvalue weighted by molar-refractivity contribution is 5.96. The Labute approximate surface area is 202 Å². The van der Waals surface area contributed by atoms with Crippen LogP contribution in [0.4, 0.5) is 17.6 Å². The number of nitrogens with two attached hydrogens (primary N) is 2. The zero-order valence-corrected chi connectivity index (χ0v) is 19.0. The first-order valence-corrected chi connectivity index (χ1v) is 11.1. The van der Waals surface area contributed by atoms with Crippen LogP contribution in [0.2, 0.25) is 0 Å². The van der Waals surface area contributed by atoms with Crippen LogP contribution in [0, 0.1) is 12.3 Å². The van der Waals surface area contributed by atoms with Gasteiger partial charge >= 0.3 is 11.9 Å². The molecule has 3 atom stereocenters. The van der Waals surface area contributed by atoms with Crippen LogP contribution >= 0.6 is 0 Å². The van der Waals surface area contributed by atoms with Crippen molar-refractivity contribution in [2.45, 2.75) is 50.0 Å². The maximum absolute atomic E-state index is 12.5. The van der Waals surface area contributed by atoms with E-state index in [1.54, 1.807) is 24.3 Å². The van der Waals surface area contributed by atoms with E-state index in [-0.39, 0.29) is 36.2 Å². The van der Waals surface area contributed by atoms with Crippen LogP contribution in [-0.4, -0.2) is 50.6 Å². The quantitative estimate of drug-likeness (QED) is 0.258. The number of carboxylic acids is 2. The average molecular weight is 481 g/mol. The topological polar surface area (TPSA) is 194 Å². The molecule has 3 rings (SSSR count). The van der Waals surface area contributed by atoms with Gasteiger partial charge in [0.1, 0.15) is 17.7 Å². The monoisotopic (exact) mass is 480 g/mol. The summed E-state index contributed by atoms with van der Waals surface area (Å²) in [5, 5.41) is 23.6. The summed E-state index contributed by atoms with van der Waals surface area (Å²) in [6.45, 7) is 0.673. The number of hydrogen-bond acceptors (Lipinski definition) is 8. The van der Waals surface area contributed by atoms with Crippen LogP contribution in [0.15, 0.2) is 24.3 Å². The van der Waals surface area contributed by atoms with Gasteiger partial charge in [0.05, 0.1) is 0 Å². The van der Waals surface area contributed by atoms with Gasteiger partial charge in [-0.05, 0) is 42.9 Å². The summed E-state index contributed by atoms with van der Waals surface area (Å²) in [6.07, 6.45) is 7.08. The average Bonchev–Trinajstić information content (AvgIpc) is 3.22. The maximum Gasteiger partial charge on any atom is 0.326 e. The molecular weight excluding hydrogens is 452 g/mol. The molecule has 2 heterocycles. The second-order valence-corrected chi connectivity index (χ2v) is 8.41. The second kappa shape index (κ2) is 11.2. The lowest BCUT2D eigenvalue weighted by Crippen LogP contribution is -2.41. The van der Waals surface area contributed by atoms with Gasteiger partial charge in [-0.25, -0.2) is 4.79 Å². The summed E-state index contributed by atoms with van der Waals surface area (Å²) in [7, 11) is 0. The maximum atomic E-state index is 12.5. The van der Waals surface area contributed by atoms with Gasteiger partial charge in [-0.15, -0.1) is 12.3 Å². The van der Waals surface area contributed by atoms with Crippen LogP contribution in [0.1, 0.15) is 65.4 Å². The van der Waals surface area contributed by atoms with Crippen molar-refractivity contribution in [2.75, 3.05) is 23.3 Å². The first-order valence-electron chi connectivity index (χ1n) is 11.1. The molecule has 1 amide bonds. The normalized spacial score (nSPS) is 15.8. The number of carbonyl (C=O) groups is 3. The molecule has 184 valence electrons. The number of rotatable bonds is 11.